The third-order valence-electron chi connectivity index (χ3n) is 1.77. The Morgan fingerprint density at radius 1 is 1.33 bits per heavy atom. The molecule has 1 aromatic rings. The van der Waals surface area contributed by atoms with E-state index in [9.17, 15) is 0 Å². The van der Waals surface area contributed by atoms with Crippen LogP contribution in [-0.4, -0.2) is 12.4 Å². The summed E-state index contributed by atoms with van der Waals surface area (Å²) in [7, 11) is 0. The zero-order valence-electron chi connectivity index (χ0n) is 8.43. The molecule has 0 amide bonds. The Hall–Kier alpha value is -0.390. The predicted molar refractivity (Wildman–Crippen MR) is 70.9 cm³/mol. The average molecular weight is 335 g/mol. The van der Waals surface area contributed by atoms with Gasteiger partial charge in [-0.2, -0.15) is 0 Å². The number of rotatable bonds is 3. The minimum atomic E-state index is 0.707. The van der Waals surface area contributed by atoms with E-state index >= 15 is 0 Å². The van der Waals surface area contributed by atoms with Crippen LogP contribution in [0.2, 0.25) is 0 Å². The molecule has 0 aliphatic heterocycles. The van der Waals surface area contributed by atoms with Gasteiger partial charge in [0, 0.05) is 21.1 Å². The number of amidine groups is 1. The molecule has 1 rings (SSSR count). The molecule has 0 unspecified atom stereocenters. The van der Waals surface area contributed by atoms with Crippen LogP contribution in [0.1, 0.15) is 18.9 Å². The highest BCUT2D eigenvalue weighted by molar-refractivity contribution is 9.11. The minimum absolute atomic E-state index is 0.707. The molecule has 3 nitrogen and oxygen atoms in total. The van der Waals surface area contributed by atoms with Crippen LogP contribution in [0.3, 0.4) is 0 Å². The number of halogens is 2. The number of hydrogen-bond acceptors (Lipinski definition) is 2. The molecule has 5 heteroatoms. The van der Waals surface area contributed by atoms with Crippen LogP contribution >= 0.6 is 31.9 Å². The summed E-state index contributed by atoms with van der Waals surface area (Å²) in [5, 5.41) is 0. The van der Waals surface area contributed by atoms with Crippen LogP contribution in [0.4, 0.5) is 0 Å². The highest BCUT2D eigenvalue weighted by atomic mass is 79.9. The average Bonchev–Trinajstić information content (AvgIpc) is 2.17. The van der Waals surface area contributed by atoms with Crippen molar-refractivity contribution in [3.8, 4) is 0 Å². The number of benzene rings is 1. The SMILES string of the molecule is CCCN=C(NN)c1cc(Br)cc(Br)c1. The lowest BCUT2D eigenvalue weighted by Crippen LogP contribution is -2.31. The fraction of sp³-hybridized carbons (Fsp3) is 0.300. The highest BCUT2D eigenvalue weighted by Crippen LogP contribution is 2.20. The van der Waals surface area contributed by atoms with Crippen molar-refractivity contribution in [2.75, 3.05) is 6.54 Å². The van der Waals surface area contributed by atoms with E-state index in [0.717, 1.165) is 27.5 Å². The van der Waals surface area contributed by atoms with Gasteiger partial charge in [-0.1, -0.05) is 38.8 Å². The Labute approximate surface area is 106 Å². The maximum absolute atomic E-state index is 5.43. The fourth-order valence-electron chi connectivity index (χ4n) is 1.13. The van der Waals surface area contributed by atoms with Gasteiger partial charge in [-0.05, 0) is 24.6 Å². The van der Waals surface area contributed by atoms with Crippen LogP contribution in [0.5, 0.6) is 0 Å². The van der Waals surface area contributed by atoms with Gasteiger partial charge in [-0.15, -0.1) is 0 Å². The van der Waals surface area contributed by atoms with Crippen molar-refractivity contribution in [2.45, 2.75) is 13.3 Å². The third-order valence-corrected chi connectivity index (χ3v) is 2.68. The first-order valence-electron chi connectivity index (χ1n) is 4.65. The Morgan fingerprint density at radius 2 is 1.93 bits per heavy atom. The van der Waals surface area contributed by atoms with Gasteiger partial charge in [0.05, 0.1) is 0 Å². The molecule has 15 heavy (non-hydrogen) atoms. The van der Waals surface area contributed by atoms with Crippen molar-refractivity contribution in [1.29, 1.82) is 0 Å². The van der Waals surface area contributed by atoms with Crippen molar-refractivity contribution in [2.24, 2.45) is 10.8 Å². The van der Waals surface area contributed by atoms with Crippen LogP contribution < -0.4 is 11.3 Å². The molecule has 0 radical (unpaired) electrons. The smallest absolute Gasteiger partial charge is 0.142 e. The summed E-state index contributed by atoms with van der Waals surface area (Å²) in [5.74, 6) is 6.14. The molecule has 0 saturated heterocycles. The van der Waals surface area contributed by atoms with E-state index in [1.807, 2.05) is 18.2 Å². The van der Waals surface area contributed by atoms with Crippen molar-refractivity contribution >= 4 is 37.7 Å². The number of nitrogens with two attached hydrogens (primary N) is 1. The maximum atomic E-state index is 5.43. The number of hydrogen-bond donors (Lipinski definition) is 2. The van der Waals surface area contributed by atoms with E-state index in [0.29, 0.717) is 5.84 Å². The van der Waals surface area contributed by atoms with E-state index in [-0.39, 0.29) is 0 Å². The Bertz CT molecular complexity index is 343. The first-order chi connectivity index (χ1) is 7.17. The lowest BCUT2D eigenvalue weighted by atomic mass is 10.2. The molecular weight excluding hydrogens is 322 g/mol. The van der Waals surface area contributed by atoms with E-state index in [2.05, 4.69) is 49.2 Å². The molecule has 0 spiro atoms. The lowest BCUT2D eigenvalue weighted by Gasteiger charge is -2.07. The third kappa shape index (κ3) is 3.93. The van der Waals surface area contributed by atoms with Crippen molar-refractivity contribution < 1.29 is 0 Å². The van der Waals surface area contributed by atoms with E-state index < -0.39 is 0 Å². The number of nitrogens with one attached hydrogen (secondary N) is 1. The summed E-state index contributed by atoms with van der Waals surface area (Å²) in [4.78, 5) is 4.35. The zero-order chi connectivity index (χ0) is 11.3. The highest BCUT2D eigenvalue weighted by Gasteiger charge is 2.03. The first-order valence-corrected chi connectivity index (χ1v) is 6.23. The van der Waals surface area contributed by atoms with E-state index in [1.165, 1.54) is 0 Å². The van der Waals surface area contributed by atoms with Crippen LogP contribution in [0, 0.1) is 0 Å². The second-order valence-corrected chi connectivity index (χ2v) is 4.86. The largest absolute Gasteiger partial charge is 0.308 e. The minimum Gasteiger partial charge on any atom is -0.308 e. The number of aliphatic imine (C=N–C) groups is 1. The predicted octanol–water partition coefficient (Wildman–Crippen LogP) is 2.83. The van der Waals surface area contributed by atoms with E-state index in [1.54, 1.807) is 0 Å². The van der Waals surface area contributed by atoms with Gasteiger partial charge in [0.1, 0.15) is 5.84 Å². The topological polar surface area (TPSA) is 50.4 Å². The van der Waals surface area contributed by atoms with Gasteiger partial charge in [-0.3, -0.25) is 4.99 Å². The van der Waals surface area contributed by atoms with Crippen LogP contribution in [0.15, 0.2) is 32.1 Å². The van der Waals surface area contributed by atoms with E-state index in [4.69, 9.17) is 5.84 Å². The molecule has 1 aromatic carbocycles. The van der Waals surface area contributed by atoms with Gasteiger partial charge >= 0.3 is 0 Å². The maximum Gasteiger partial charge on any atom is 0.142 e. The molecule has 3 N–H and O–H groups in total. The Morgan fingerprint density at radius 3 is 2.40 bits per heavy atom. The van der Waals surface area contributed by atoms with Gasteiger partial charge in [0.2, 0.25) is 0 Å². The quantitative estimate of drug-likeness (QED) is 0.386. The molecule has 0 bridgehead atoms. The molecule has 0 aliphatic rings. The normalized spacial score (nSPS) is 11.6. The number of hydrazine groups is 1. The summed E-state index contributed by atoms with van der Waals surface area (Å²) < 4.78 is 1.98. The summed E-state index contributed by atoms with van der Waals surface area (Å²) in [6, 6.07) is 5.91. The monoisotopic (exact) mass is 333 g/mol. The van der Waals surface area contributed by atoms with Crippen molar-refractivity contribution in [1.82, 2.24) is 5.43 Å². The molecule has 0 heterocycles. The second-order valence-electron chi connectivity index (χ2n) is 3.03. The molecule has 0 aliphatic carbocycles. The van der Waals surface area contributed by atoms with Crippen LogP contribution in [0.25, 0.3) is 0 Å². The lowest BCUT2D eigenvalue weighted by molar-refractivity contribution is 0.907. The Kier molecular flexibility index (Phi) is 5.28. The van der Waals surface area contributed by atoms with Gasteiger partial charge in [0.15, 0.2) is 0 Å². The number of nitrogens with zero attached hydrogens (tertiary/aromatic N) is 1. The van der Waals surface area contributed by atoms with Crippen LogP contribution in [-0.2, 0) is 0 Å². The molecular formula is C10H13Br2N3. The molecule has 0 fully saturated rings. The first kappa shape index (κ1) is 12.7. The fourth-order valence-corrected chi connectivity index (χ4v) is 2.43. The van der Waals surface area contributed by atoms with Gasteiger partial charge < -0.3 is 5.43 Å². The standard InChI is InChI=1S/C10H13Br2N3/c1-2-3-14-10(15-13)7-4-8(11)6-9(12)5-7/h4-6H,2-3,13H2,1H3,(H,14,15). The summed E-state index contributed by atoms with van der Waals surface area (Å²) in [5.41, 5.74) is 3.58. The van der Waals surface area contributed by atoms with Gasteiger partial charge in [-0.25, -0.2) is 5.84 Å². The molecule has 0 saturated carbocycles. The molecule has 82 valence electrons. The second kappa shape index (κ2) is 6.25. The Balaban J connectivity index is 3.01. The summed E-state index contributed by atoms with van der Waals surface area (Å²) in [6.07, 6.45) is 1.00. The van der Waals surface area contributed by atoms with Crippen molar-refractivity contribution in [3.63, 3.8) is 0 Å². The zero-order valence-corrected chi connectivity index (χ0v) is 11.6. The van der Waals surface area contributed by atoms with Crippen molar-refractivity contribution in [3.05, 3.63) is 32.7 Å². The molecule has 0 aromatic heterocycles. The molecule has 0 atom stereocenters. The summed E-state index contributed by atoms with van der Waals surface area (Å²) in [6.45, 7) is 2.85. The van der Waals surface area contributed by atoms with Gasteiger partial charge in [0.25, 0.3) is 0 Å². The summed E-state index contributed by atoms with van der Waals surface area (Å²) >= 11 is 6.85.